The van der Waals surface area contributed by atoms with Crippen LogP contribution in [0.1, 0.15) is 43.1 Å². The first-order chi connectivity index (χ1) is 13.6. The fraction of sp³-hybridized carbons (Fsp3) is 0.391. The SMILES string of the molecule is CN=C(NCc1cccc2ccccc12)NC1CCc2cn(C(C)C)nc2C1.I. The summed E-state index contributed by atoms with van der Waals surface area (Å²) in [4.78, 5) is 4.44. The average Bonchev–Trinajstić information content (AvgIpc) is 3.15. The van der Waals surface area contributed by atoms with E-state index in [1.165, 1.54) is 27.6 Å². The first-order valence-electron chi connectivity index (χ1n) is 10.1. The molecule has 0 amide bonds. The minimum atomic E-state index is 0. The van der Waals surface area contributed by atoms with Gasteiger partial charge in [0.1, 0.15) is 0 Å². The summed E-state index contributed by atoms with van der Waals surface area (Å²) in [5.74, 6) is 0.852. The Kier molecular flexibility index (Phi) is 7.16. The number of fused-ring (bicyclic) bond motifs is 2. The molecule has 0 radical (unpaired) electrons. The highest BCUT2D eigenvalue weighted by molar-refractivity contribution is 14.0. The Morgan fingerprint density at radius 3 is 2.79 bits per heavy atom. The van der Waals surface area contributed by atoms with E-state index in [9.17, 15) is 0 Å². The number of aliphatic imine (C=N–C) groups is 1. The van der Waals surface area contributed by atoms with Gasteiger partial charge in [-0.25, -0.2) is 0 Å². The predicted molar refractivity (Wildman–Crippen MR) is 131 cm³/mol. The van der Waals surface area contributed by atoms with Crippen molar-refractivity contribution in [2.75, 3.05) is 7.05 Å². The van der Waals surface area contributed by atoms with Crippen molar-refractivity contribution in [3.63, 3.8) is 0 Å². The molecule has 1 aliphatic rings. The number of nitrogens with one attached hydrogen (secondary N) is 2. The molecule has 5 nitrogen and oxygen atoms in total. The van der Waals surface area contributed by atoms with E-state index in [0.717, 1.165) is 31.8 Å². The molecule has 1 aromatic heterocycles. The van der Waals surface area contributed by atoms with Gasteiger partial charge >= 0.3 is 0 Å². The van der Waals surface area contributed by atoms with Crippen LogP contribution in [0.3, 0.4) is 0 Å². The van der Waals surface area contributed by atoms with Crippen LogP contribution in [0.15, 0.2) is 53.7 Å². The zero-order valence-electron chi connectivity index (χ0n) is 17.4. The maximum Gasteiger partial charge on any atom is 0.191 e. The number of benzene rings is 2. The molecule has 29 heavy (non-hydrogen) atoms. The number of guanidine groups is 1. The summed E-state index contributed by atoms with van der Waals surface area (Å²) in [7, 11) is 1.83. The Hall–Kier alpha value is -2.09. The van der Waals surface area contributed by atoms with E-state index in [-0.39, 0.29) is 24.0 Å². The zero-order chi connectivity index (χ0) is 19.5. The third kappa shape index (κ3) is 4.91. The lowest BCUT2D eigenvalue weighted by Crippen LogP contribution is -2.45. The van der Waals surface area contributed by atoms with E-state index >= 15 is 0 Å². The van der Waals surface area contributed by atoms with Crippen molar-refractivity contribution in [1.82, 2.24) is 20.4 Å². The fourth-order valence-electron chi connectivity index (χ4n) is 3.91. The van der Waals surface area contributed by atoms with Crippen LogP contribution in [-0.4, -0.2) is 28.8 Å². The molecular weight excluding hydrogens is 473 g/mol. The number of rotatable bonds is 4. The number of aromatic nitrogens is 2. The van der Waals surface area contributed by atoms with Crippen molar-refractivity contribution in [3.05, 3.63) is 65.5 Å². The van der Waals surface area contributed by atoms with Gasteiger partial charge in [-0.1, -0.05) is 42.5 Å². The molecule has 1 atom stereocenters. The van der Waals surface area contributed by atoms with E-state index < -0.39 is 0 Å². The number of nitrogens with zero attached hydrogens (tertiary/aromatic N) is 3. The van der Waals surface area contributed by atoms with Crippen LogP contribution in [0.2, 0.25) is 0 Å². The molecular formula is C23H30IN5. The smallest absolute Gasteiger partial charge is 0.191 e. The molecule has 1 unspecified atom stereocenters. The van der Waals surface area contributed by atoms with Crippen molar-refractivity contribution < 1.29 is 0 Å². The van der Waals surface area contributed by atoms with Gasteiger partial charge in [-0.05, 0) is 48.6 Å². The zero-order valence-corrected chi connectivity index (χ0v) is 19.7. The predicted octanol–water partition coefficient (Wildman–Crippen LogP) is 4.46. The van der Waals surface area contributed by atoms with Gasteiger partial charge in [0.05, 0.1) is 5.69 Å². The monoisotopic (exact) mass is 503 g/mol. The Morgan fingerprint density at radius 2 is 2.00 bits per heavy atom. The van der Waals surface area contributed by atoms with Gasteiger partial charge in [-0.15, -0.1) is 24.0 Å². The lowest BCUT2D eigenvalue weighted by atomic mass is 9.94. The van der Waals surface area contributed by atoms with Crippen LogP contribution >= 0.6 is 24.0 Å². The largest absolute Gasteiger partial charge is 0.353 e. The Bertz CT molecular complexity index is 987. The maximum atomic E-state index is 4.78. The molecule has 6 heteroatoms. The first kappa shape index (κ1) is 21.6. The maximum absolute atomic E-state index is 4.78. The summed E-state index contributed by atoms with van der Waals surface area (Å²) in [5.41, 5.74) is 3.90. The Balaban J connectivity index is 0.00000240. The summed E-state index contributed by atoms with van der Waals surface area (Å²) in [6, 6.07) is 15.7. The van der Waals surface area contributed by atoms with Gasteiger partial charge in [0.25, 0.3) is 0 Å². The number of hydrogen-bond acceptors (Lipinski definition) is 2. The van der Waals surface area contributed by atoms with Crippen LogP contribution in [0, 0.1) is 0 Å². The normalized spacial score (nSPS) is 16.4. The quantitative estimate of drug-likeness (QED) is 0.314. The topological polar surface area (TPSA) is 54.2 Å². The van der Waals surface area contributed by atoms with E-state index in [2.05, 4.69) is 82.8 Å². The molecule has 1 heterocycles. The molecule has 0 aliphatic heterocycles. The van der Waals surface area contributed by atoms with Crippen LogP contribution in [0.4, 0.5) is 0 Å². The Labute approximate surface area is 190 Å². The van der Waals surface area contributed by atoms with Gasteiger partial charge in [-0.3, -0.25) is 9.67 Å². The van der Waals surface area contributed by atoms with Gasteiger partial charge < -0.3 is 10.6 Å². The van der Waals surface area contributed by atoms with Gasteiger partial charge in [-0.2, -0.15) is 5.10 Å². The minimum Gasteiger partial charge on any atom is -0.353 e. The highest BCUT2D eigenvalue weighted by atomic mass is 127. The van der Waals surface area contributed by atoms with Gasteiger partial charge in [0.15, 0.2) is 5.96 Å². The van der Waals surface area contributed by atoms with Crippen LogP contribution in [0.25, 0.3) is 10.8 Å². The molecule has 3 aromatic rings. The van der Waals surface area contributed by atoms with Crippen LogP contribution in [-0.2, 0) is 19.4 Å². The van der Waals surface area contributed by atoms with Crippen LogP contribution < -0.4 is 10.6 Å². The van der Waals surface area contributed by atoms with E-state index in [0.29, 0.717) is 12.1 Å². The second-order valence-electron chi connectivity index (χ2n) is 7.82. The molecule has 0 saturated carbocycles. The highest BCUT2D eigenvalue weighted by Gasteiger charge is 2.23. The summed E-state index contributed by atoms with van der Waals surface area (Å²) < 4.78 is 2.08. The lowest BCUT2D eigenvalue weighted by Gasteiger charge is -2.24. The fourth-order valence-corrected chi connectivity index (χ4v) is 3.91. The van der Waals surface area contributed by atoms with Gasteiger partial charge in [0, 0.05) is 38.3 Å². The third-order valence-electron chi connectivity index (χ3n) is 5.52. The second kappa shape index (κ2) is 9.61. The summed E-state index contributed by atoms with van der Waals surface area (Å²) in [6.45, 7) is 5.10. The van der Waals surface area contributed by atoms with E-state index in [4.69, 9.17) is 5.10 Å². The first-order valence-corrected chi connectivity index (χ1v) is 10.1. The molecule has 0 spiro atoms. The van der Waals surface area contributed by atoms with Crippen molar-refractivity contribution in [2.24, 2.45) is 4.99 Å². The van der Waals surface area contributed by atoms with E-state index in [1.54, 1.807) is 0 Å². The molecule has 2 N–H and O–H groups in total. The van der Waals surface area contributed by atoms with Gasteiger partial charge in [0.2, 0.25) is 0 Å². The van der Waals surface area contributed by atoms with Crippen molar-refractivity contribution in [3.8, 4) is 0 Å². The number of aryl methyl sites for hydroxylation is 1. The molecule has 154 valence electrons. The van der Waals surface area contributed by atoms with E-state index in [1.807, 2.05) is 7.05 Å². The molecule has 0 fully saturated rings. The molecule has 0 bridgehead atoms. The number of halogens is 1. The highest BCUT2D eigenvalue weighted by Crippen LogP contribution is 2.22. The van der Waals surface area contributed by atoms with Crippen molar-refractivity contribution in [2.45, 2.75) is 51.7 Å². The minimum absolute atomic E-state index is 0. The lowest BCUT2D eigenvalue weighted by molar-refractivity contribution is 0.499. The van der Waals surface area contributed by atoms with Crippen molar-refractivity contribution >= 4 is 40.7 Å². The number of hydrogen-bond donors (Lipinski definition) is 2. The summed E-state index contributed by atoms with van der Waals surface area (Å²) >= 11 is 0. The Morgan fingerprint density at radius 1 is 1.21 bits per heavy atom. The molecule has 0 saturated heterocycles. The molecule has 4 rings (SSSR count). The van der Waals surface area contributed by atoms with Crippen LogP contribution in [0.5, 0.6) is 0 Å². The van der Waals surface area contributed by atoms with Crippen molar-refractivity contribution in [1.29, 1.82) is 0 Å². The molecule has 1 aliphatic carbocycles. The second-order valence-corrected chi connectivity index (χ2v) is 7.82. The summed E-state index contributed by atoms with van der Waals surface area (Å²) in [6.07, 6.45) is 5.33. The summed E-state index contributed by atoms with van der Waals surface area (Å²) in [5, 5.41) is 14.4. The third-order valence-corrected chi connectivity index (χ3v) is 5.52. The average molecular weight is 503 g/mol. The molecule has 2 aromatic carbocycles. The standard InChI is InChI=1S/C23H29N5.HI/c1-16(2)28-15-19-11-12-20(13-22(19)27-28)26-23(24-3)25-14-18-9-6-8-17-7-4-5-10-21(17)18;/h4-10,15-16,20H,11-14H2,1-3H3,(H2,24,25,26);1H.